The van der Waals surface area contributed by atoms with Crippen molar-refractivity contribution >= 4 is 63.6 Å². The highest BCUT2D eigenvalue weighted by molar-refractivity contribution is 6.38. The average molecular weight is 631 g/mol. The van der Waals surface area contributed by atoms with E-state index in [0.29, 0.717) is 10.7 Å². The highest BCUT2D eigenvalue weighted by Gasteiger charge is 2.68. The lowest BCUT2D eigenvalue weighted by atomic mass is 9.47. The molecule has 220 valence electrons. The average Bonchev–Trinajstić information content (AvgIpc) is 3.32. The van der Waals surface area contributed by atoms with E-state index in [1.165, 1.54) is 11.0 Å². The first-order valence-corrected chi connectivity index (χ1v) is 15.5. The first-order valence-electron chi connectivity index (χ1n) is 14.7. The van der Waals surface area contributed by atoms with Crippen molar-refractivity contribution in [1.29, 1.82) is 0 Å². The number of carbonyl (C=O) groups is 3. The maximum Gasteiger partial charge on any atom is 0.244 e. The number of nitrogens with zero attached hydrogens (tertiary/aromatic N) is 2. The third-order valence-corrected chi connectivity index (χ3v) is 10.1. The molecule has 9 rings (SSSR count). The SMILES string of the molecule is O=C(Cc1cccc2ccccc12)N/N=C\C12c3ccccc3C(c3ccccc31)[C@@H]1C(=O)N(c3ccc(Cl)cc3Cl)C(=O)[C@@H]12. The van der Waals surface area contributed by atoms with Crippen LogP contribution in [0.25, 0.3) is 10.8 Å². The molecule has 2 bridgehead atoms. The van der Waals surface area contributed by atoms with E-state index in [4.69, 9.17) is 23.2 Å². The number of hydrazone groups is 1. The molecule has 5 aromatic rings. The number of hydrogen-bond acceptors (Lipinski definition) is 4. The highest BCUT2D eigenvalue weighted by Crippen LogP contribution is 2.63. The quantitative estimate of drug-likeness (QED) is 0.129. The molecule has 1 aliphatic heterocycles. The van der Waals surface area contributed by atoms with Crippen LogP contribution in [0.2, 0.25) is 10.0 Å². The van der Waals surface area contributed by atoms with E-state index in [1.54, 1.807) is 18.3 Å². The van der Waals surface area contributed by atoms with Gasteiger partial charge in [-0.1, -0.05) is 114 Å². The fraction of sp³-hybridized carbons (Fsp3) is 0.135. The molecule has 6 nitrogen and oxygen atoms in total. The number of imide groups is 1. The number of amides is 3. The lowest BCUT2D eigenvalue weighted by Crippen LogP contribution is -2.54. The van der Waals surface area contributed by atoms with Crippen molar-refractivity contribution in [1.82, 2.24) is 5.43 Å². The Bertz CT molecular complexity index is 2060. The first-order chi connectivity index (χ1) is 21.9. The number of rotatable bonds is 5. The van der Waals surface area contributed by atoms with Crippen LogP contribution in [0.1, 0.15) is 33.7 Å². The van der Waals surface area contributed by atoms with Gasteiger partial charge in [0.1, 0.15) is 0 Å². The lowest BCUT2D eigenvalue weighted by molar-refractivity contribution is -0.123. The molecule has 0 radical (unpaired) electrons. The number of anilines is 1. The summed E-state index contributed by atoms with van der Waals surface area (Å²) in [4.78, 5) is 43.3. The van der Waals surface area contributed by atoms with Crippen molar-refractivity contribution in [3.63, 3.8) is 0 Å². The number of carbonyl (C=O) groups excluding carboxylic acids is 3. The van der Waals surface area contributed by atoms with Crippen LogP contribution in [0.4, 0.5) is 5.69 Å². The summed E-state index contributed by atoms with van der Waals surface area (Å²) >= 11 is 12.7. The lowest BCUT2D eigenvalue weighted by Gasteiger charge is -2.52. The molecule has 3 amide bonds. The molecule has 1 N–H and O–H groups in total. The predicted molar refractivity (Wildman–Crippen MR) is 176 cm³/mol. The Morgan fingerprint density at radius 2 is 1.49 bits per heavy atom. The summed E-state index contributed by atoms with van der Waals surface area (Å²) in [5.74, 6) is -2.79. The van der Waals surface area contributed by atoms with Crippen LogP contribution in [0, 0.1) is 11.8 Å². The molecule has 1 saturated heterocycles. The molecule has 2 atom stereocenters. The van der Waals surface area contributed by atoms with Gasteiger partial charge in [0.05, 0.1) is 34.4 Å². The van der Waals surface area contributed by atoms with E-state index >= 15 is 0 Å². The summed E-state index contributed by atoms with van der Waals surface area (Å²) in [6, 6.07) is 34.3. The van der Waals surface area contributed by atoms with E-state index < -0.39 is 17.3 Å². The van der Waals surface area contributed by atoms with Crippen LogP contribution < -0.4 is 10.3 Å². The minimum atomic E-state index is -1.11. The zero-order valence-corrected chi connectivity index (χ0v) is 25.3. The third kappa shape index (κ3) is 4.02. The van der Waals surface area contributed by atoms with E-state index in [0.717, 1.165) is 38.6 Å². The Morgan fingerprint density at radius 3 is 2.22 bits per heavy atom. The molecule has 1 fully saturated rings. The molecular formula is C37H25Cl2N3O3. The molecule has 0 spiro atoms. The summed E-state index contributed by atoms with van der Waals surface area (Å²) in [5, 5.41) is 7.21. The van der Waals surface area contributed by atoms with Crippen LogP contribution in [-0.4, -0.2) is 23.9 Å². The van der Waals surface area contributed by atoms with Gasteiger partial charge in [-0.05, 0) is 56.8 Å². The summed E-state index contributed by atoms with van der Waals surface area (Å²) in [5.41, 5.74) is 6.54. The largest absolute Gasteiger partial charge is 0.274 e. The van der Waals surface area contributed by atoms with Gasteiger partial charge >= 0.3 is 0 Å². The van der Waals surface area contributed by atoms with Crippen molar-refractivity contribution in [2.75, 3.05) is 4.90 Å². The van der Waals surface area contributed by atoms with Crippen molar-refractivity contribution in [3.05, 3.63) is 147 Å². The van der Waals surface area contributed by atoms with Gasteiger partial charge in [-0.25, -0.2) is 10.3 Å². The van der Waals surface area contributed by atoms with E-state index in [1.807, 2.05) is 91.0 Å². The Hall–Kier alpha value is -4.78. The van der Waals surface area contributed by atoms with Gasteiger partial charge in [0.15, 0.2) is 0 Å². The fourth-order valence-electron chi connectivity index (χ4n) is 7.82. The minimum Gasteiger partial charge on any atom is -0.274 e. The van der Waals surface area contributed by atoms with Gasteiger partial charge in [0.25, 0.3) is 0 Å². The second-order valence-electron chi connectivity index (χ2n) is 11.7. The standard InChI is InChI=1S/C37H25Cl2N3O3/c38-23-16-17-30(29(39)19-23)42-35(44)33-32-25-12-3-5-14-27(25)37(34(33)36(42)45,28-15-6-4-13-26(28)32)20-40-41-31(43)18-22-10-7-9-21-8-1-2-11-24(21)22/h1-17,19-20,32-34H,18H2,(H,41,43)/b40-20-/t32?,33-,34+,37?/m0/s1. The number of hydrogen-bond donors (Lipinski definition) is 1. The molecule has 8 heteroatoms. The Kier molecular flexibility index (Phi) is 6.41. The highest BCUT2D eigenvalue weighted by atomic mass is 35.5. The van der Waals surface area contributed by atoms with Crippen molar-refractivity contribution in [2.45, 2.75) is 17.8 Å². The summed E-state index contributed by atoms with van der Waals surface area (Å²) in [7, 11) is 0. The second-order valence-corrected chi connectivity index (χ2v) is 12.6. The summed E-state index contributed by atoms with van der Waals surface area (Å²) < 4.78 is 0. The van der Waals surface area contributed by atoms with E-state index in [9.17, 15) is 14.4 Å². The zero-order valence-electron chi connectivity index (χ0n) is 23.8. The van der Waals surface area contributed by atoms with Crippen molar-refractivity contribution in [3.8, 4) is 0 Å². The van der Waals surface area contributed by atoms with Gasteiger partial charge in [0.2, 0.25) is 17.7 Å². The molecular weight excluding hydrogens is 605 g/mol. The van der Waals surface area contributed by atoms with E-state index in [2.05, 4.69) is 10.5 Å². The topological polar surface area (TPSA) is 78.8 Å². The first kappa shape index (κ1) is 27.7. The smallest absolute Gasteiger partial charge is 0.244 e. The molecule has 45 heavy (non-hydrogen) atoms. The number of benzene rings is 5. The summed E-state index contributed by atoms with van der Waals surface area (Å²) in [6.45, 7) is 0. The van der Waals surface area contributed by atoms with Crippen LogP contribution in [-0.2, 0) is 26.2 Å². The number of halogens is 2. The monoisotopic (exact) mass is 629 g/mol. The van der Waals surface area contributed by atoms with Crippen LogP contribution in [0.3, 0.4) is 0 Å². The second kappa shape index (κ2) is 10.4. The Labute approximate surface area is 269 Å². The maximum atomic E-state index is 14.5. The van der Waals surface area contributed by atoms with E-state index in [-0.39, 0.29) is 35.1 Å². The third-order valence-electron chi connectivity index (χ3n) is 9.52. The van der Waals surface area contributed by atoms with Gasteiger partial charge in [-0.3, -0.25) is 14.4 Å². The molecule has 1 heterocycles. The molecule has 5 aromatic carbocycles. The van der Waals surface area contributed by atoms with Crippen molar-refractivity contribution in [2.24, 2.45) is 16.9 Å². The fourth-order valence-corrected chi connectivity index (χ4v) is 8.31. The zero-order chi connectivity index (χ0) is 30.9. The van der Waals surface area contributed by atoms with Crippen LogP contribution in [0.5, 0.6) is 0 Å². The Morgan fingerprint density at radius 1 is 0.822 bits per heavy atom. The maximum absolute atomic E-state index is 14.5. The Balaban J connectivity index is 1.23. The van der Waals surface area contributed by atoms with Gasteiger partial charge in [0, 0.05) is 17.2 Å². The molecule has 0 unspecified atom stereocenters. The molecule has 0 saturated carbocycles. The molecule has 0 aromatic heterocycles. The predicted octanol–water partition coefficient (Wildman–Crippen LogP) is 7.04. The number of nitrogens with one attached hydrogen (secondary N) is 1. The van der Waals surface area contributed by atoms with Crippen LogP contribution in [0.15, 0.2) is 114 Å². The molecule has 3 aliphatic carbocycles. The molecule has 4 aliphatic rings. The van der Waals surface area contributed by atoms with Gasteiger partial charge in [-0.2, -0.15) is 5.10 Å². The minimum absolute atomic E-state index is 0.132. The summed E-state index contributed by atoms with van der Waals surface area (Å²) in [6.07, 6.45) is 1.80. The normalized spacial score (nSPS) is 22.9. The van der Waals surface area contributed by atoms with Crippen LogP contribution >= 0.6 is 23.2 Å². The van der Waals surface area contributed by atoms with Gasteiger partial charge < -0.3 is 0 Å². The van der Waals surface area contributed by atoms with Crippen molar-refractivity contribution < 1.29 is 14.4 Å². The van der Waals surface area contributed by atoms with Gasteiger partial charge in [-0.15, -0.1) is 0 Å². The number of fused-ring (bicyclic) bond motifs is 1.